The molecule has 7 heteroatoms. The van der Waals surface area contributed by atoms with Crippen molar-refractivity contribution in [3.05, 3.63) is 64.5 Å². The van der Waals surface area contributed by atoms with Crippen molar-refractivity contribution in [2.45, 2.75) is 11.6 Å². The van der Waals surface area contributed by atoms with Crippen LogP contribution in [0, 0.1) is 0 Å². The average molecular weight is 421 g/mol. The Morgan fingerprint density at radius 3 is 2.68 bits per heavy atom. The average Bonchev–Trinajstić information content (AvgIpc) is 3.07. The summed E-state index contributed by atoms with van der Waals surface area (Å²) < 4.78 is 17.5. The molecule has 5 nitrogen and oxygen atoms in total. The Morgan fingerprint density at radius 1 is 1.08 bits per heavy atom. The topological polar surface area (TPSA) is 57.4 Å². The molecule has 1 heterocycles. The molecule has 0 aliphatic heterocycles. The first kappa shape index (κ1) is 17.8. The maximum atomic E-state index is 5.68. The number of rotatable bonds is 8. The molecule has 0 unspecified atom stereocenters. The summed E-state index contributed by atoms with van der Waals surface area (Å²) in [5, 5.41) is 8.71. The maximum absolute atomic E-state index is 5.68. The molecule has 130 valence electrons. The quantitative estimate of drug-likeness (QED) is 0.391. The van der Waals surface area contributed by atoms with Crippen LogP contribution in [0.25, 0.3) is 0 Å². The van der Waals surface area contributed by atoms with Crippen LogP contribution in [0.2, 0.25) is 0 Å². The van der Waals surface area contributed by atoms with Crippen molar-refractivity contribution < 1.29 is 13.9 Å². The van der Waals surface area contributed by atoms with E-state index >= 15 is 0 Å². The Bertz CT molecular complexity index is 808. The smallest absolute Gasteiger partial charge is 0.276 e. The van der Waals surface area contributed by atoms with E-state index in [1.807, 2.05) is 48.5 Å². The zero-order chi connectivity index (χ0) is 17.5. The summed E-state index contributed by atoms with van der Waals surface area (Å²) in [6.07, 6.45) is 0.603. The van der Waals surface area contributed by atoms with Gasteiger partial charge in [0.25, 0.3) is 5.22 Å². The number of hydrogen-bond donors (Lipinski definition) is 0. The molecule has 0 spiro atoms. The van der Waals surface area contributed by atoms with Crippen molar-refractivity contribution in [1.29, 1.82) is 0 Å². The SMILES string of the molecule is COc1ccc(Cc2nnc(SCCOc3cccc(Br)c3)o2)cc1. The van der Waals surface area contributed by atoms with E-state index in [4.69, 9.17) is 13.9 Å². The Morgan fingerprint density at radius 2 is 1.92 bits per heavy atom. The highest BCUT2D eigenvalue weighted by molar-refractivity contribution is 9.10. The molecular formula is C18H17BrN2O3S. The predicted molar refractivity (Wildman–Crippen MR) is 100 cm³/mol. The van der Waals surface area contributed by atoms with E-state index in [2.05, 4.69) is 26.1 Å². The van der Waals surface area contributed by atoms with Gasteiger partial charge in [0.2, 0.25) is 5.89 Å². The van der Waals surface area contributed by atoms with E-state index in [9.17, 15) is 0 Å². The summed E-state index contributed by atoms with van der Waals surface area (Å²) in [7, 11) is 1.65. The minimum Gasteiger partial charge on any atom is -0.497 e. The first-order valence-corrected chi connectivity index (χ1v) is 9.47. The Labute approximate surface area is 158 Å². The third-order valence-electron chi connectivity index (χ3n) is 3.34. The van der Waals surface area contributed by atoms with Crippen molar-refractivity contribution >= 4 is 27.7 Å². The monoisotopic (exact) mass is 420 g/mol. The highest BCUT2D eigenvalue weighted by Gasteiger charge is 2.08. The lowest BCUT2D eigenvalue weighted by Gasteiger charge is -2.04. The van der Waals surface area contributed by atoms with Crippen LogP contribution in [0.3, 0.4) is 0 Å². The van der Waals surface area contributed by atoms with E-state index in [0.717, 1.165) is 27.3 Å². The molecule has 0 fully saturated rings. The van der Waals surface area contributed by atoms with Crippen molar-refractivity contribution in [2.75, 3.05) is 19.5 Å². The molecule has 0 aliphatic rings. The molecule has 1 aromatic heterocycles. The van der Waals surface area contributed by atoms with Crippen LogP contribution in [-0.2, 0) is 6.42 Å². The fourth-order valence-corrected chi connectivity index (χ4v) is 3.10. The molecule has 0 aliphatic carbocycles. The van der Waals surface area contributed by atoms with E-state index in [0.29, 0.717) is 24.1 Å². The molecule has 25 heavy (non-hydrogen) atoms. The normalized spacial score (nSPS) is 10.6. The maximum Gasteiger partial charge on any atom is 0.276 e. The molecular weight excluding hydrogens is 404 g/mol. The van der Waals surface area contributed by atoms with Crippen LogP contribution in [0.5, 0.6) is 11.5 Å². The van der Waals surface area contributed by atoms with E-state index in [1.54, 1.807) is 7.11 Å². The number of aromatic nitrogens is 2. The lowest BCUT2D eigenvalue weighted by atomic mass is 10.1. The highest BCUT2D eigenvalue weighted by Crippen LogP contribution is 2.21. The van der Waals surface area contributed by atoms with Gasteiger partial charge in [0, 0.05) is 10.2 Å². The van der Waals surface area contributed by atoms with Crippen LogP contribution >= 0.6 is 27.7 Å². The van der Waals surface area contributed by atoms with E-state index in [1.165, 1.54) is 11.8 Å². The van der Waals surface area contributed by atoms with Crippen molar-refractivity contribution in [2.24, 2.45) is 0 Å². The van der Waals surface area contributed by atoms with Crippen molar-refractivity contribution in [3.63, 3.8) is 0 Å². The molecule has 0 N–H and O–H groups in total. The first-order valence-electron chi connectivity index (χ1n) is 7.69. The number of hydrogen-bond acceptors (Lipinski definition) is 6. The Kier molecular flexibility index (Phi) is 6.36. The largest absolute Gasteiger partial charge is 0.497 e. The van der Waals surface area contributed by atoms with Gasteiger partial charge >= 0.3 is 0 Å². The summed E-state index contributed by atoms with van der Waals surface area (Å²) >= 11 is 4.90. The second kappa shape index (κ2) is 8.92. The van der Waals surface area contributed by atoms with Crippen LogP contribution in [0.4, 0.5) is 0 Å². The fraction of sp³-hybridized carbons (Fsp3) is 0.222. The summed E-state index contributed by atoms with van der Waals surface area (Å²) in [5.74, 6) is 2.99. The third kappa shape index (κ3) is 5.51. The second-order valence-electron chi connectivity index (χ2n) is 5.14. The van der Waals surface area contributed by atoms with E-state index < -0.39 is 0 Å². The molecule has 0 radical (unpaired) electrons. The minimum absolute atomic E-state index is 0.557. The summed E-state index contributed by atoms with van der Waals surface area (Å²) in [6.45, 7) is 0.567. The van der Waals surface area contributed by atoms with Gasteiger partial charge in [-0.05, 0) is 35.9 Å². The number of methoxy groups -OCH3 is 1. The highest BCUT2D eigenvalue weighted by atomic mass is 79.9. The number of benzene rings is 2. The molecule has 0 bridgehead atoms. The summed E-state index contributed by atoms with van der Waals surface area (Å²) in [6, 6.07) is 15.6. The van der Waals surface area contributed by atoms with Gasteiger partial charge < -0.3 is 13.9 Å². The number of nitrogens with zero attached hydrogens (tertiary/aromatic N) is 2. The lowest BCUT2D eigenvalue weighted by Crippen LogP contribution is -1.99. The van der Waals surface area contributed by atoms with E-state index in [-0.39, 0.29) is 0 Å². The second-order valence-corrected chi connectivity index (χ2v) is 7.10. The van der Waals surface area contributed by atoms with Crippen LogP contribution in [0.1, 0.15) is 11.5 Å². The third-order valence-corrected chi connectivity index (χ3v) is 4.61. The van der Waals surface area contributed by atoms with Gasteiger partial charge in [-0.25, -0.2) is 0 Å². The zero-order valence-corrected chi connectivity index (χ0v) is 16.0. The number of ether oxygens (including phenoxy) is 2. The Hall–Kier alpha value is -1.99. The van der Waals surface area contributed by atoms with Gasteiger partial charge in [-0.15, -0.1) is 10.2 Å². The Balaban J connectivity index is 1.45. The minimum atomic E-state index is 0.557. The zero-order valence-electron chi connectivity index (χ0n) is 13.6. The summed E-state index contributed by atoms with van der Waals surface area (Å²) in [5.41, 5.74) is 1.10. The van der Waals surface area contributed by atoms with Gasteiger partial charge in [0.05, 0.1) is 20.1 Å². The van der Waals surface area contributed by atoms with Crippen LogP contribution in [0.15, 0.2) is 62.6 Å². The molecule has 0 amide bonds. The van der Waals surface area contributed by atoms with Crippen molar-refractivity contribution in [3.8, 4) is 11.5 Å². The predicted octanol–water partition coefficient (Wildman–Crippen LogP) is 4.60. The van der Waals surface area contributed by atoms with Gasteiger partial charge in [0.1, 0.15) is 11.5 Å². The van der Waals surface area contributed by atoms with Gasteiger partial charge in [0.15, 0.2) is 0 Å². The van der Waals surface area contributed by atoms with Gasteiger partial charge in [-0.2, -0.15) is 0 Å². The standard InChI is InChI=1S/C18H17BrN2O3S/c1-22-15-7-5-13(6-8-15)11-17-20-21-18(24-17)25-10-9-23-16-4-2-3-14(19)12-16/h2-8,12H,9-11H2,1H3. The fourth-order valence-electron chi connectivity index (χ4n) is 2.13. The van der Waals surface area contributed by atoms with Gasteiger partial charge in [-0.3, -0.25) is 0 Å². The molecule has 2 aromatic carbocycles. The van der Waals surface area contributed by atoms with Crippen LogP contribution < -0.4 is 9.47 Å². The first-order chi connectivity index (χ1) is 12.2. The molecule has 0 saturated carbocycles. The van der Waals surface area contributed by atoms with Gasteiger partial charge in [-0.1, -0.05) is 45.9 Å². The molecule has 3 rings (SSSR count). The molecule has 0 saturated heterocycles. The van der Waals surface area contributed by atoms with Crippen LogP contribution in [-0.4, -0.2) is 29.7 Å². The number of halogens is 1. The summed E-state index contributed by atoms with van der Waals surface area (Å²) in [4.78, 5) is 0. The lowest BCUT2D eigenvalue weighted by molar-refractivity contribution is 0.342. The van der Waals surface area contributed by atoms with Crippen molar-refractivity contribution in [1.82, 2.24) is 10.2 Å². The molecule has 0 atom stereocenters. The number of thioether (sulfide) groups is 1. The molecule has 3 aromatic rings.